The summed E-state index contributed by atoms with van der Waals surface area (Å²) in [6.45, 7) is 5.25. The highest BCUT2D eigenvalue weighted by atomic mass is 32.1. The summed E-state index contributed by atoms with van der Waals surface area (Å²) < 4.78 is 1.13. The summed E-state index contributed by atoms with van der Waals surface area (Å²) >= 11 is 1.62. The lowest BCUT2D eigenvalue weighted by molar-refractivity contribution is 0.200. The molecule has 1 fully saturated rings. The fourth-order valence-corrected chi connectivity index (χ4v) is 5.89. The fourth-order valence-electron chi connectivity index (χ4n) is 5.17. The summed E-state index contributed by atoms with van der Waals surface area (Å²) in [7, 11) is 0. The van der Waals surface area contributed by atoms with Gasteiger partial charge >= 0.3 is 6.03 Å². The van der Waals surface area contributed by atoms with Gasteiger partial charge in [-0.1, -0.05) is 18.9 Å². The SMILES string of the molecule is O=C(NCCN1CCCCCC1)N1CC=C(c2cc3c(Nc4ccc5ncsc5c4)ncnc3[nH]2)CC1. The molecule has 0 bridgehead atoms. The number of nitrogens with one attached hydrogen (secondary N) is 3. The molecule has 2 aliphatic heterocycles. The van der Waals surface area contributed by atoms with Crippen LogP contribution in [0.3, 0.4) is 0 Å². The van der Waals surface area contributed by atoms with Gasteiger partial charge in [-0.25, -0.2) is 19.7 Å². The molecule has 6 rings (SSSR count). The molecule has 0 saturated carbocycles. The van der Waals surface area contributed by atoms with Gasteiger partial charge in [0.2, 0.25) is 0 Å². The standard InChI is InChI=1S/C27H32N8OS/c36-27(28-9-14-34-10-3-1-2-4-11-34)35-12-7-19(8-13-35)23-16-21-25(29-17-30-26(21)33-23)32-20-5-6-22-24(15-20)37-18-31-22/h5-7,15-18H,1-4,8-14H2,(H,28,36)(H2,29,30,32,33). The molecule has 2 aliphatic rings. The van der Waals surface area contributed by atoms with E-state index in [4.69, 9.17) is 0 Å². The Morgan fingerprint density at radius 3 is 2.78 bits per heavy atom. The van der Waals surface area contributed by atoms with Gasteiger partial charge < -0.3 is 25.4 Å². The van der Waals surface area contributed by atoms with Gasteiger partial charge in [-0.05, 0) is 62.2 Å². The van der Waals surface area contributed by atoms with Crippen molar-refractivity contribution in [3.8, 4) is 0 Å². The molecule has 10 heteroatoms. The Kier molecular flexibility index (Phi) is 7.00. The second-order valence-corrected chi connectivity index (χ2v) is 10.6. The van der Waals surface area contributed by atoms with E-state index in [-0.39, 0.29) is 6.03 Å². The highest BCUT2D eigenvalue weighted by Crippen LogP contribution is 2.30. The van der Waals surface area contributed by atoms with E-state index in [0.29, 0.717) is 19.6 Å². The van der Waals surface area contributed by atoms with Crippen LogP contribution in [0.15, 0.2) is 42.2 Å². The fraction of sp³-hybridized carbons (Fsp3) is 0.407. The summed E-state index contributed by atoms with van der Waals surface area (Å²) in [5.41, 5.74) is 6.84. The zero-order valence-electron chi connectivity index (χ0n) is 20.9. The minimum atomic E-state index is 0.0250. The van der Waals surface area contributed by atoms with Crippen molar-refractivity contribution < 1.29 is 4.79 Å². The molecule has 0 atom stereocenters. The zero-order chi connectivity index (χ0) is 25.0. The van der Waals surface area contributed by atoms with Crippen molar-refractivity contribution in [3.63, 3.8) is 0 Å². The van der Waals surface area contributed by atoms with E-state index in [0.717, 1.165) is 64.5 Å². The van der Waals surface area contributed by atoms with Crippen molar-refractivity contribution in [2.24, 2.45) is 0 Å². The lowest BCUT2D eigenvalue weighted by Gasteiger charge is -2.27. The van der Waals surface area contributed by atoms with Gasteiger partial charge in [0.25, 0.3) is 0 Å². The molecular weight excluding hydrogens is 484 g/mol. The van der Waals surface area contributed by atoms with Gasteiger partial charge in [-0.2, -0.15) is 0 Å². The van der Waals surface area contributed by atoms with Crippen LogP contribution in [0.5, 0.6) is 0 Å². The van der Waals surface area contributed by atoms with Crippen molar-refractivity contribution in [1.29, 1.82) is 0 Å². The van der Waals surface area contributed by atoms with Crippen molar-refractivity contribution in [2.45, 2.75) is 32.1 Å². The third kappa shape index (κ3) is 5.45. The van der Waals surface area contributed by atoms with Crippen LogP contribution in [-0.2, 0) is 0 Å². The molecule has 0 aliphatic carbocycles. The topological polar surface area (TPSA) is 102 Å². The molecule has 4 aromatic rings. The van der Waals surface area contributed by atoms with Gasteiger partial charge in [0, 0.05) is 37.6 Å². The maximum absolute atomic E-state index is 12.7. The van der Waals surface area contributed by atoms with Crippen LogP contribution in [0, 0.1) is 0 Å². The average molecular weight is 517 g/mol. The highest BCUT2D eigenvalue weighted by molar-refractivity contribution is 7.16. The van der Waals surface area contributed by atoms with E-state index in [9.17, 15) is 4.79 Å². The lowest BCUT2D eigenvalue weighted by atomic mass is 10.1. The number of carbonyl (C=O) groups is 1. The number of hydrogen-bond acceptors (Lipinski definition) is 7. The van der Waals surface area contributed by atoms with Gasteiger partial charge in [0.15, 0.2) is 0 Å². The van der Waals surface area contributed by atoms with Gasteiger partial charge in [-0.15, -0.1) is 11.3 Å². The summed E-state index contributed by atoms with van der Waals surface area (Å²) in [5, 5.41) is 7.49. The molecular formula is C27H32N8OS. The Labute approximate surface area is 220 Å². The summed E-state index contributed by atoms with van der Waals surface area (Å²) in [6.07, 6.45) is 9.71. The number of amides is 2. The van der Waals surface area contributed by atoms with E-state index in [1.807, 2.05) is 22.5 Å². The first-order valence-corrected chi connectivity index (χ1v) is 14.0. The Bertz CT molecular complexity index is 1420. The summed E-state index contributed by atoms with van der Waals surface area (Å²) in [6, 6.07) is 8.24. The average Bonchev–Trinajstić information content (AvgIpc) is 3.50. The zero-order valence-corrected chi connectivity index (χ0v) is 21.7. The first kappa shape index (κ1) is 23.9. The number of likely N-dealkylation sites (tertiary alicyclic amines) is 1. The predicted octanol–water partition coefficient (Wildman–Crippen LogP) is 4.99. The number of nitrogens with zero attached hydrogens (tertiary/aromatic N) is 5. The Morgan fingerprint density at radius 1 is 1.05 bits per heavy atom. The van der Waals surface area contributed by atoms with Crippen molar-refractivity contribution >= 4 is 55.7 Å². The number of anilines is 2. The van der Waals surface area contributed by atoms with Crippen LogP contribution in [0.4, 0.5) is 16.3 Å². The van der Waals surface area contributed by atoms with Gasteiger partial charge in [-0.3, -0.25) is 0 Å². The second kappa shape index (κ2) is 10.9. The number of aromatic amines is 1. The smallest absolute Gasteiger partial charge is 0.317 e. The number of fused-ring (bicyclic) bond motifs is 2. The number of benzene rings is 1. The van der Waals surface area contributed by atoms with Crippen LogP contribution >= 0.6 is 11.3 Å². The third-order valence-corrected chi connectivity index (χ3v) is 8.06. The molecule has 0 spiro atoms. The van der Waals surface area contributed by atoms with E-state index in [1.165, 1.54) is 31.3 Å². The number of urea groups is 1. The molecule has 5 heterocycles. The van der Waals surface area contributed by atoms with Crippen molar-refractivity contribution in [2.75, 3.05) is 44.6 Å². The minimum Gasteiger partial charge on any atom is -0.340 e. The molecule has 9 nitrogen and oxygen atoms in total. The Balaban J connectivity index is 1.09. The number of hydrogen-bond donors (Lipinski definition) is 3. The number of aromatic nitrogens is 4. The van der Waals surface area contributed by atoms with E-state index >= 15 is 0 Å². The first-order valence-electron chi connectivity index (χ1n) is 13.1. The number of carbonyl (C=O) groups excluding carboxylic acids is 1. The van der Waals surface area contributed by atoms with E-state index in [1.54, 1.807) is 17.7 Å². The third-order valence-electron chi connectivity index (χ3n) is 7.26. The van der Waals surface area contributed by atoms with Crippen LogP contribution in [-0.4, -0.2) is 75.0 Å². The van der Waals surface area contributed by atoms with Crippen LogP contribution < -0.4 is 10.6 Å². The summed E-state index contributed by atoms with van der Waals surface area (Å²) in [4.78, 5) is 33.8. The molecule has 3 N–H and O–H groups in total. The highest BCUT2D eigenvalue weighted by Gasteiger charge is 2.20. The van der Waals surface area contributed by atoms with Gasteiger partial charge in [0.05, 0.1) is 21.1 Å². The van der Waals surface area contributed by atoms with Crippen LogP contribution in [0.1, 0.15) is 37.8 Å². The normalized spacial score (nSPS) is 17.1. The first-order chi connectivity index (χ1) is 18.2. The monoisotopic (exact) mass is 516 g/mol. The molecule has 0 radical (unpaired) electrons. The maximum Gasteiger partial charge on any atom is 0.317 e. The van der Waals surface area contributed by atoms with E-state index in [2.05, 4.69) is 53.7 Å². The minimum absolute atomic E-state index is 0.0250. The molecule has 0 unspecified atom stereocenters. The quantitative estimate of drug-likeness (QED) is 0.334. The molecule has 2 amide bonds. The van der Waals surface area contributed by atoms with E-state index < -0.39 is 0 Å². The van der Waals surface area contributed by atoms with Gasteiger partial charge in [0.1, 0.15) is 17.8 Å². The molecule has 192 valence electrons. The van der Waals surface area contributed by atoms with Crippen molar-refractivity contribution in [1.82, 2.24) is 35.1 Å². The second-order valence-electron chi connectivity index (χ2n) is 9.74. The molecule has 1 aromatic carbocycles. The molecule has 3 aromatic heterocycles. The van der Waals surface area contributed by atoms with Crippen molar-refractivity contribution in [3.05, 3.63) is 47.9 Å². The predicted molar refractivity (Wildman–Crippen MR) is 149 cm³/mol. The largest absolute Gasteiger partial charge is 0.340 e. The summed E-state index contributed by atoms with van der Waals surface area (Å²) in [5.74, 6) is 0.762. The maximum atomic E-state index is 12.7. The molecule has 37 heavy (non-hydrogen) atoms. The molecule has 1 saturated heterocycles. The Morgan fingerprint density at radius 2 is 1.95 bits per heavy atom. The van der Waals surface area contributed by atoms with Crippen LogP contribution in [0.2, 0.25) is 0 Å². The lowest BCUT2D eigenvalue weighted by Crippen LogP contribution is -2.44. The van der Waals surface area contributed by atoms with Crippen LogP contribution in [0.25, 0.3) is 26.8 Å². The number of H-pyrrole nitrogens is 1. The number of thiazole rings is 1. The Hall–Kier alpha value is -3.50. The number of rotatable bonds is 6.